The van der Waals surface area contributed by atoms with Crippen LogP contribution in [0.2, 0.25) is 0 Å². The molecule has 0 amide bonds. The Morgan fingerprint density at radius 2 is 2.17 bits per heavy atom. The summed E-state index contributed by atoms with van der Waals surface area (Å²) in [7, 11) is 0. The molecule has 0 aliphatic heterocycles. The highest BCUT2D eigenvalue weighted by Crippen LogP contribution is 2.26. The number of alkyl halides is 1. The minimum Gasteiger partial charge on any atom is -0.507 e. The smallest absolute Gasteiger partial charge is 0.280 e. The van der Waals surface area contributed by atoms with E-state index >= 15 is 0 Å². The molecule has 1 rings (SSSR count). The number of aromatic hydroxyl groups is 1. The molecule has 1 atom stereocenters. The summed E-state index contributed by atoms with van der Waals surface area (Å²) in [6.07, 6.45) is 0. The Morgan fingerprint density at radius 3 is 2.67 bits per heavy atom. The van der Waals surface area contributed by atoms with Crippen LogP contribution >= 0.6 is 0 Å². The summed E-state index contributed by atoms with van der Waals surface area (Å²) >= 11 is 0. The Morgan fingerprint density at radius 1 is 1.50 bits per heavy atom. The molecule has 0 spiro atoms. The van der Waals surface area contributed by atoms with E-state index in [1.165, 1.54) is 6.07 Å². The fraction of sp³-hybridized carbons (Fsp3) is 0.222. The van der Waals surface area contributed by atoms with Crippen molar-refractivity contribution in [3.05, 3.63) is 41.2 Å². The molecule has 0 heterocycles. The molecule has 0 saturated carbocycles. The van der Waals surface area contributed by atoms with Crippen LogP contribution in [0.4, 0.5) is 4.39 Å². The summed E-state index contributed by atoms with van der Waals surface area (Å²) in [6.45, 7) is 5.91. The van der Waals surface area contributed by atoms with Gasteiger partial charge in [-0.3, -0.25) is 0 Å². The Balaban J connectivity index is 3.02. The molecule has 0 saturated heterocycles. The molecule has 1 aromatic rings. The Kier molecular flexibility index (Phi) is 2.65. The van der Waals surface area contributed by atoms with Gasteiger partial charge in [0.05, 0.1) is 5.56 Å². The van der Waals surface area contributed by atoms with Crippen molar-refractivity contribution >= 4 is 0 Å². The topological polar surface area (TPSA) is 24.6 Å². The van der Waals surface area contributed by atoms with Crippen LogP contribution < -0.4 is 0 Å². The summed E-state index contributed by atoms with van der Waals surface area (Å²) in [6, 6.07) is 5.44. The van der Waals surface area contributed by atoms with Crippen LogP contribution in [0, 0.1) is 6.57 Å². The van der Waals surface area contributed by atoms with Crippen LogP contribution in [0.5, 0.6) is 5.75 Å². The predicted molar refractivity (Wildman–Crippen MR) is 43.4 cm³/mol. The van der Waals surface area contributed by atoms with Crippen LogP contribution in [0.1, 0.15) is 11.6 Å². The Hall–Kier alpha value is -1.56. The lowest BCUT2D eigenvalue weighted by molar-refractivity contribution is 0.435. The molecule has 1 N–H and O–H groups in total. The van der Waals surface area contributed by atoms with E-state index in [0.717, 1.165) is 0 Å². The lowest BCUT2D eigenvalue weighted by Gasteiger charge is -2.02. The summed E-state index contributed by atoms with van der Waals surface area (Å²) in [5.41, 5.74) is 0.356. The number of benzene rings is 1. The van der Waals surface area contributed by atoms with Crippen LogP contribution in [0.25, 0.3) is 4.85 Å². The first-order chi connectivity index (χ1) is 5.79. The summed E-state index contributed by atoms with van der Waals surface area (Å²) in [5, 5.41) is 9.23. The van der Waals surface area contributed by atoms with Gasteiger partial charge in [0.15, 0.2) is 6.67 Å². The van der Waals surface area contributed by atoms with Gasteiger partial charge in [-0.25, -0.2) is 11.0 Å². The van der Waals surface area contributed by atoms with E-state index in [-0.39, 0.29) is 5.75 Å². The van der Waals surface area contributed by atoms with E-state index in [2.05, 4.69) is 4.85 Å². The van der Waals surface area contributed by atoms with Crippen molar-refractivity contribution in [1.29, 1.82) is 0 Å². The maximum atomic E-state index is 12.2. The van der Waals surface area contributed by atoms with E-state index in [9.17, 15) is 9.50 Å². The van der Waals surface area contributed by atoms with Gasteiger partial charge < -0.3 is 9.95 Å². The van der Waals surface area contributed by atoms with Crippen molar-refractivity contribution in [1.82, 2.24) is 0 Å². The number of rotatable bonds is 2. The average Bonchev–Trinajstić information content (AvgIpc) is 2.10. The van der Waals surface area contributed by atoms with Crippen molar-refractivity contribution in [2.45, 2.75) is 6.04 Å². The van der Waals surface area contributed by atoms with Gasteiger partial charge in [0, 0.05) is 0 Å². The highest BCUT2D eigenvalue weighted by Gasteiger charge is 2.18. The first kappa shape index (κ1) is 8.54. The minimum absolute atomic E-state index is 0.0175. The molecule has 1 aromatic carbocycles. The molecule has 3 heteroatoms. The maximum Gasteiger partial charge on any atom is 0.280 e. The second-order valence-electron chi connectivity index (χ2n) is 2.36. The largest absolute Gasteiger partial charge is 0.507 e. The first-order valence-corrected chi connectivity index (χ1v) is 3.50. The zero-order valence-electron chi connectivity index (χ0n) is 6.37. The van der Waals surface area contributed by atoms with Gasteiger partial charge in [-0.1, -0.05) is 12.1 Å². The highest BCUT2D eigenvalue weighted by atomic mass is 19.1. The maximum absolute atomic E-state index is 12.2. The minimum atomic E-state index is -0.869. The highest BCUT2D eigenvalue weighted by molar-refractivity contribution is 5.36. The summed E-state index contributed by atoms with van der Waals surface area (Å²) in [5.74, 6) is -0.0175. The van der Waals surface area contributed by atoms with Gasteiger partial charge in [0.1, 0.15) is 5.75 Å². The van der Waals surface area contributed by atoms with Gasteiger partial charge in [0.2, 0.25) is 0 Å². The molecule has 2 nitrogen and oxygen atoms in total. The molecule has 0 radical (unpaired) electrons. The van der Waals surface area contributed by atoms with Crippen LogP contribution in [0.15, 0.2) is 24.3 Å². The van der Waals surface area contributed by atoms with Crippen molar-refractivity contribution in [3.8, 4) is 5.75 Å². The molecule has 0 aromatic heterocycles. The standard InChI is InChI=1S/C9H8FNO/c1-11-8(6-10)7-4-2-3-5-9(7)12/h2-5,8,12H,6H2. The van der Waals surface area contributed by atoms with E-state index in [1.54, 1.807) is 18.2 Å². The molecular weight excluding hydrogens is 157 g/mol. The van der Waals surface area contributed by atoms with E-state index < -0.39 is 12.7 Å². The number of nitrogens with zero attached hydrogens (tertiary/aromatic N) is 1. The number of halogens is 1. The Bertz CT molecular complexity index is 306. The SMILES string of the molecule is [C-]#[N+]C(CF)c1ccccc1O. The average molecular weight is 165 g/mol. The third kappa shape index (κ3) is 1.54. The second-order valence-corrected chi connectivity index (χ2v) is 2.36. The molecule has 0 bridgehead atoms. The van der Waals surface area contributed by atoms with Gasteiger partial charge in [0.25, 0.3) is 6.04 Å². The number of hydrogen-bond donors (Lipinski definition) is 1. The first-order valence-electron chi connectivity index (χ1n) is 3.50. The van der Waals surface area contributed by atoms with Crippen molar-refractivity contribution < 1.29 is 9.50 Å². The normalized spacial score (nSPS) is 12.0. The van der Waals surface area contributed by atoms with Gasteiger partial charge in [-0.15, -0.1) is 0 Å². The van der Waals surface area contributed by atoms with Crippen molar-refractivity contribution in [2.75, 3.05) is 6.67 Å². The van der Waals surface area contributed by atoms with Gasteiger partial charge in [-0.2, -0.15) is 0 Å². The van der Waals surface area contributed by atoms with E-state index in [0.29, 0.717) is 5.56 Å². The monoisotopic (exact) mass is 165 g/mol. The molecule has 1 unspecified atom stereocenters. The molecule has 62 valence electrons. The number of phenolic OH excluding ortho intramolecular Hbond substituents is 1. The molecule has 0 aliphatic carbocycles. The fourth-order valence-electron chi connectivity index (χ4n) is 0.956. The molecule has 0 fully saturated rings. The van der Waals surface area contributed by atoms with Crippen LogP contribution in [-0.4, -0.2) is 11.8 Å². The van der Waals surface area contributed by atoms with Crippen LogP contribution in [-0.2, 0) is 0 Å². The van der Waals surface area contributed by atoms with E-state index in [4.69, 9.17) is 6.57 Å². The third-order valence-corrected chi connectivity index (χ3v) is 1.60. The van der Waals surface area contributed by atoms with Gasteiger partial charge >= 0.3 is 0 Å². The van der Waals surface area contributed by atoms with Gasteiger partial charge in [-0.05, 0) is 12.1 Å². The van der Waals surface area contributed by atoms with Crippen molar-refractivity contribution in [3.63, 3.8) is 0 Å². The molecule has 12 heavy (non-hydrogen) atoms. The number of hydrogen-bond acceptors (Lipinski definition) is 1. The lowest BCUT2D eigenvalue weighted by atomic mass is 10.1. The van der Waals surface area contributed by atoms with E-state index in [1.807, 2.05) is 0 Å². The van der Waals surface area contributed by atoms with Crippen molar-refractivity contribution in [2.24, 2.45) is 0 Å². The summed E-state index contributed by atoms with van der Waals surface area (Å²) in [4.78, 5) is 3.05. The predicted octanol–water partition coefficient (Wildman–Crippen LogP) is 2.32. The molecular formula is C9H8FNO. The molecule has 0 aliphatic rings. The Labute approximate surface area is 70.1 Å². The van der Waals surface area contributed by atoms with Crippen LogP contribution in [0.3, 0.4) is 0 Å². The zero-order valence-corrected chi connectivity index (χ0v) is 6.37. The lowest BCUT2D eigenvalue weighted by Crippen LogP contribution is -1.94. The summed E-state index contributed by atoms with van der Waals surface area (Å²) < 4.78 is 12.2. The second kappa shape index (κ2) is 3.72. The fourth-order valence-corrected chi connectivity index (χ4v) is 0.956. The number of phenols is 1. The number of para-hydroxylation sites is 1. The quantitative estimate of drug-likeness (QED) is 0.668. The third-order valence-electron chi connectivity index (χ3n) is 1.60. The zero-order chi connectivity index (χ0) is 8.97.